The molecule has 0 radical (unpaired) electrons. The van der Waals surface area contributed by atoms with E-state index in [2.05, 4.69) is 15.1 Å². The molecule has 2 heterocycles. The fourth-order valence-corrected chi connectivity index (χ4v) is 2.43. The van der Waals surface area contributed by atoms with Crippen LogP contribution in [-0.2, 0) is 0 Å². The molecule has 0 fully saturated rings. The van der Waals surface area contributed by atoms with Gasteiger partial charge in [-0.1, -0.05) is 19.0 Å². The lowest BCUT2D eigenvalue weighted by Gasteiger charge is -2.15. The second-order valence-corrected chi connectivity index (χ2v) is 4.57. The highest BCUT2D eigenvalue weighted by molar-refractivity contribution is 5.96. The largest absolute Gasteiger partial charge is 0.411 e. The Bertz CT molecular complexity index is 665. The minimum atomic E-state index is -0.172. The molecule has 0 bridgehead atoms. The van der Waals surface area contributed by atoms with Crippen molar-refractivity contribution in [2.24, 2.45) is 5.16 Å². The van der Waals surface area contributed by atoms with Gasteiger partial charge in [0.2, 0.25) is 0 Å². The molecule has 0 saturated heterocycles. The molecule has 6 heteroatoms. The topological polar surface area (TPSA) is 83.3 Å². The first-order chi connectivity index (χ1) is 9.13. The predicted octanol–water partition coefficient (Wildman–Crippen LogP) is 2.20. The molecule has 0 atom stereocenters. The Labute approximate surface area is 110 Å². The number of imidazole rings is 1. The van der Waals surface area contributed by atoms with Crippen LogP contribution in [0.5, 0.6) is 0 Å². The second-order valence-electron chi connectivity index (χ2n) is 4.57. The summed E-state index contributed by atoms with van der Waals surface area (Å²) in [7, 11) is 0. The molecule has 0 saturated carbocycles. The van der Waals surface area contributed by atoms with E-state index in [-0.39, 0.29) is 11.7 Å². The minimum absolute atomic E-state index is 0.107. The third kappa shape index (κ3) is 2.14. The number of nitrogens with one attached hydrogen (secondary N) is 1. The summed E-state index contributed by atoms with van der Waals surface area (Å²) in [5, 5.41) is 11.9. The lowest BCUT2D eigenvalue weighted by molar-refractivity contribution is 0.322. The first-order valence-electron chi connectivity index (χ1n) is 6.41. The van der Waals surface area contributed by atoms with Crippen molar-refractivity contribution in [3.8, 4) is 0 Å². The van der Waals surface area contributed by atoms with Gasteiger partial charge in [-0.25, -0.2) is 9.78 Å². The number of hydrogen-bond donors (Lipinski definition) is 2. The van der Waals surface area contributed by atoms with Crippen molar-refractivity contribution in [3.05, 3.63) is 27.8 Å². The molecule has 2 aromatic heterocycles. The fraction of sp³-hybridized carbons (Fsp3) is 0.462. The van der Waals surface area contributed by atoms with Crippen LogP contribution in [0.15, 0.2) is 16.1 Å². The molecule has 0 aliphatic heterocycles. The van der Waals surface area contributed by atoms with Crippen LogP contribution < -0.4 is 5.69 Å². The summed E-state index contributed by atoms with van der Waals surface area (Å²) in [4.78, 5) is 19.1. The number of aromatic amines is 1. The van der Waals surface area contributed by atoms with Gasteiger partial charge in [-0.3, -0.25) is 9.55 Å². The first kappa shape index (κ1) is 13.3. The van der Waals surface area contributed by atoms with E-state index in [9.17, 15) is 4.79 Å². The molecule has 2 aromatic rings. The van der Waals surface area contributed by atoms with Crippen LogP contribution in [0.4, 0.5) is 0 Å². The van der Waals surface area contributed by atoms with E-state index < -0.39 is 0 Å². The molecule has 6 nitrogen and oxygen atoms in total. The van der Waals surface area contributed by atoms with Gasteiger partial charge in [-0.15, -0.1) is 0 Å². The number of H-pyrrole nitrogens is 1. The predicted molar refractivity (Wildman–Crippen MR) is 74.1 cm³/mol. The van der Waals surface area contributed by atoms with Crippen molar-refractivity contribution in [2.45, 2.75) is 39.7 Å². The molecule has 0 unspecified atom stereocenters. The van der Waals surface area contributed by atoms with E-state index in [1.54, 1.807) is 10.8 Å². The van der Waals surface area contributed by atoms with Crippen molar-refractivity contribution >= 4 is 17.4 Å². The smallest absolute Gasteiger partial charge is 0.327 e. The van der Waals surface area contributed by atoms with E-state index in [1.807, 2.05) is 20.8 Å². The van der Waals surface area contributed by atoms with Crippen LogP contribution in [0.1, 0.15) is 43.9 Å². The van der Waals surface area contributed by atoms with Gasteiger partial charge in [0.1, 0.15) is 0 Å². The minimum Gasteiger partial charge on any atom is -0.411 e. The lowest BCUT2D eigenvalue weighted by atomic mass is 10.1. The first-order valence-corrected chi connectivity index (χ1v) is 6.41. The van der Waals surface area contributed by atoms with Gasteiger partial charge < -0.3 is 5.21 Å². The number of aryl methyl sites for hydroxylation is 1. The van der Waals surface area contributed by atoms with E-state index in [4.69, 9.17) is 5.21 Å². The number of rotatable bonds is 4. The molecular formula is C13H18N4O2. The average molecular weight is 262 g/mol. The standard InChI is InChI=1S/C13H18N4O2/c1-4-9(5-2)17-11-10(7-15-19)8(3)6-14-12(11)16-13(17)18/h6-7,9,19H,4-5H2,1-3H3,(H,14,16,18)/b15-7+. The van der Waals surface area contributed by atoms with E-state index >= 15 is 0 Å². The molecule has 0 spiro atoms. The summed E-state index contributed by atoms with van der Waals surface area (Å²) >= 11 is 0. The molecular weight excluding hydrogens is 244 g/mol. The van der Waals surface area contributed by atoms with Gasteiger partial charge in [0.15, 0.2) is 5.65 Å². The number of pyridine rings is 1. The summed E-state index contributed by atoms with van der Waals surface area (Å²) < 4.78 is 1.71. The van der Waals surface area contributed by atoms with Gasteiger partial charge in [0.05, 0.1) is 11.7 Å². The molecule has 0 aliphatic rings. The van der Waals surface area contributed by atoms with E-state index in [0.717, 1.165) is 24.0 Å². The van der Waals surface area contributed by atoms with Gasteiger partial charge in [-0.2, -0.15) is 0 Å². The van der Waals surface area contributed by atoms with Crippen molar-refractivity contribution in [1.82, 2.24) is 14.5 Å². The van der Waals surface area contributed by atoms with Crippen molar-refractivity contribution in [3.63, 3.8) is 0 Å². The maximum Gasteiger partial charge on any atom is 0.327 e. The van der Waals surface area contributed by atoms with Crippen molar-refractivity contribution in [2.75, 3.05) is 0 Å². The quantitative estimate of drug-likeness (QED) is 0.503. The molecule has 2 rings (SSSR count). The number of hydrogen-bond acceptors (Lipinski definition) is 4. The SMILES string of the molecule is CCC(CC)n1c(=O)[nH]c2ncc(C)c(/C=N/O)c21. The lowest BCUT2D eigenvalue weighted by Crippen LogP contribution is -2.22. The number of nitrogens with zero attached hydrogens (tertiary/aromatic N) is 3. The zero-order chi connectivity index (χ0) is 14.0. The normalized spacial score (nSPS) is 12.0. The summed E-state index contributed by atoms with van der Waals surface area (Å²) in [5.74, 6) is 0. The van der Waals surface area contributed by atoms with Crippen LogP contribution in [-0.4, -0.2) is 26.0 Å². The van der Waals surface area contributed by atoms with Gasteiger partial charge in [-0.05, 0) is 25.3 Å². The third-order valence-corrected chi connectivity index (χ3v) is 3.47. The van der Waals surface area contributed by atoms with E-state index in [0.29, 0.717) is 11.2 Å². The van der Waals surface area contributed by atoms with Crippen LogP contribution >= 0.6 is 0 Å². The zero-order valence-electron chi connectivity index (χ0n) is 11.3. The third-order valence-electron chi connectivity index (χ3n) is 3.47. The molecule has 0 aliphatic carbocycles. The zero-order valence-corrected chi connectivity index (χ0v) is 11.3. The highest BCUT2D eigenvalue weighted by Crippen LogP contribution is 2.22. The maximum absolute atomic E-state index is 12.1. The monoisotopic (exact) mass is 262 g/mol. The molecule has 19 heavy (non-hydrogen) atoms. The van der Waals surface area contributed by atoms with Crippen LogP contribution in [0, 0.1) is 6.92 Å². The number of oxime groups is 1. The van der Waals surface area contributed by atoms with Gasteiger partial charge in [0, 0.05) is 17.8 Å². The Morgan fingerprint density at radius 1 is 1.53 bits per heavy atom. The highest BCUT2D eigenvalue weighted by Gasteiger charge is 2.18. The Morgan fingerprint density at radius 3 is 2.79 bits per heavy atom. The van der Waals surface area contributed by atoms with Gasteiger partial charge >= 0.3 is 5.69 Å². The average Bonchev–Trinajstić information content (AvgIpc) is 2.72. The molecule has 2 N–H and O–H groups in total. The van der Waals surface area contributed by atoms with Gasteiger partial charge in [0.25, 0.3) is 0 Å². The summed E-state index contributed by atoms with van der Waals surface area (Å²) in [6.45, 7) is 5.96. The highest BCUT2D eigenvalue weighted by atomic mass is 16.4. The van der Waals surface area contributed by atoms with Crippen molar-refractivity contribution < 1.29 is 5.21 Å². The maximum atomic E-state index is 12.1. The van der Waals surface area contributed by atoms with Crippen molar-refractivity contribution in [1.29, 1.82) is 0 Å². The molecule has 0 amide bonds. The summed E-state index contributed by atoms with van der Waals surface area (Å²) in [5.41, 5.74) is 2.64. The van der Waals surface area contributed by atoms with E-state index in [1.165, 1.54) is 6.21 Å². The van der Waals surface area contributed by atoms with Crippen LogP contribution in [0.3, 0.4) is 0 Å². The Morgan fingerprint density at radius 2 is 2.21 bits per heavy atom. The Kier molecular flexibility index (Phi) is 3.69. The second kappa shape index (κ2) is 5.26. The summed E-state index contributed by atoms with van der Waals surface area (Å²) in [6, 6.07) is 0.107. The van der Waals surface area contributed by atoms with Crippen LogP contribution in [0.2, 0.25) is 0 Å². The molecule has 0 aromatic carbocycles. The molecule has 102 valence electrons. The van der Waals surface area contributed by atoms with Crippen LogP contribution in [0.25, 0.3) is 11.2 Å². The summed E-state index contributed by atoms with van der Waals surface area (Å²) in [6.07, 6.45) is 4.72. The fourth-order valence-electron chi connectivity index (χ4n) is 2.43. The Hall–Kier alpha value is -2.11. The Balaban J connectivity index is 2.86. The number of aromatic nitrogens is 3. The number of fused-ring (bicyclic) bond motifs is 1.